The minimum absolute atomic E-state index is 0.0207. The van der Waals surface area contributed by atoms with Gasteiger partial charge in [0.25, 0.3) is 11.8 Å². The number of amides is 2. The summed E-state index contributed by atoms with van der Waals surface area (Å²) < 4.78 is 20.4. The van der Waals surface area contributed by atoms with Gasteiger partial charge in [0.15, 0.2) is 5.11 Å². The number of thiocarbonyl (C=S) groups is 1. The summed E-state index contributed by atoms with van der Waals surface area (Å²) in [7, 11) is 1.51. The Hall–Kier alpha value is -3.36. The SMILES string of the molecule is COc1cc(/C=C2/C(=O)NC(=S)N(c3ccccc3)C2=O)cc(Br)c1Cc1ccccc1F. The van der Waals surface area contributed by atoms with Gasteiger partial charge in [0, 0.05) is 16.5 Å². The maximum atomic E-state index is 14.2. The Bertz CT molecular complexity index is 1290. The van der Waals surface area contributed by atoms with Crippen molar-refractivity contribution in [3.8, 4) is 5.75 Å². The van der Waals surface area contributed by atoms with Gasteiger partial charge in [0.2, 0.25) is 0 Å². The molecule has 3 aromatic rings. The van der Waals surface area contributed by atoms with E-state index in [-0.39, 0.29) is 16.5 Å². The Morgan fingerprint density at radius 1 is 1.09 bits per heavy atom. The molecule has 0 aliphatic carbocycles. The van der Waals surface area contributed by atoms with E-state index in [1.807, 2.05) is 6.07 Å². The molecule has 3 aromatic carbocycles. The van der Waals surface area contributed by atoms with Crippen LogP contribution in [0.2, 0.25) is 0 Å². The lowest BCUT2D eigenvalue weighted by molar-refractivity contribution is -0.122. The molecule has 0 atom stereocenters. The van der Waals surface area contributed by atoms with Crippen molar-refractivity contribution in [3.05, 3.63) is 99.3 Å². The highest BCUT2D eigenvalue weighted by atomic mass is 79.9. The lowest BCUT2D eigenvalue weighted by atomic mass is 10.00. The van der Waals surface area contributed by atoms with Gasteiger partial charge in [0.05, 0.1) is 12.8 Å². The van der Waals surface area contributed by atoms with Crippen molar-refractivity contribution in [2.75, 3.05) is 12.0 Å². The third-order valence-corrected chi connectivity index (χ3v) is 6.14. The van der Waals surface area contributed by atoms with Gasteiger partial charge in [-0.2, -0.15) is 0 Å². The quantitative estimate of drug-likeness (QED) is 0.289. The first-order chi connectivity index (χ1) is 15.9. The number of nitrogens with one attached hydrogen (secondary N) is 1. The lowest BCUT2D eigenvalue weighted by Crippen LogP contribution is -2.54. The highest BCUT2D eigenvalue weighted by Gasteiger charge is 2.34. The van der Waals surface area contributed by atoms with Crippen LogP contribution in [-0.2, 0) is 16.0 Å². The predicted octanol–water partition coefficient (Wildman–Crippen LogP) is 5.02. The van der Waals surface area contributed by atoms with Crippen molar-refractivity contribution in [2.24, 2.45) is 0 Å². The average Bonchev–Trinajstić information content (AvgIpc) is 2.80. The van der Waals surface area contributed by atoms with Crippen LogP contribution in [0.5, 0.6) is 5.75 Å². The number of hydrogen-bond acceptors (Lipinski definition) is 4. The molecular weight excluding hydrogens is 507 g/mol. The number of hydrogen-bond donors (Lipinski definition) is 1. The maximum Gasteiger partial charge on any atom is 0.270 e. The molecule has 2 amide bonds. The van der Waals surface area contributed by atoms with Crippen LogP contribution >= 0.6 is 28.1 Å². The summed E-state index contributed by atoms with van der Waals surface area (Å²) in [5, 5.41) is 2.59. The van der Waals surface area contributed by atoms with E-state index < -0.39 is 11.8 Å². The number of ether oxygens (including phenoxy) is 1. The fraction of sp³-hybridized carbons (Fsp3) is 0.0800. The molecule has 1 aliphatic rings. The van der Waals surface area contributed by atoms with Gasteiger partial charge in [-0.05, 0) is 59.8 Å². The third-order valence-electron chi connectivity index (χ3n) is 5.15. The van der Waals surface area contributed by atoms with E-state index in [0.717, 1.165) is 5.56 Å². The van der Waals surface area contributed by atoms with E-state index in [2.05, 4.69) is 21.2 Å². The molecule has 0 radical (unpaired) electrons. The largest absolute Gasteiger partial charge is 0.496 e. The van der Waals surface area contributed by atoms with E-state index in [0.29, 0.717) is 33.5 Å². The number of para-hydroxylation sites is 1. The second kappa shape index (κ2) is 9.64. The molecule has 0 spiro atoms. The maximum absolute atomic E-state index is 14.2. The van der Waals surface area contributed by atoms with Gasteiger partial charge in [-0.3, -0.25) is 19.8 Å². The van der Waals surface area contributed by atoms with E-state index in [4.69, 9.17) is 17.0 Å². The highest BCUT2D eigenvalue weighted by molar-refractivity contribution is 9.10. The molecule has 166 valence electrons. The van der Waals surface area contributed by atoms with Crippen molar-refractivity contribution < 1.29 is 18.7 Å². The van der Waals surface area contributed by atoms with Crippen molar-refractivity contribution in [1.29, 1.82) is 0 Å². The first-order valence-corrected chi connectivity index (χ1v) is 11.2. The monoisotopic (exact) mass is 524 g/mol. The van der Waals surface area contributed by atoms with E-state index in [1.165, 1.54) is 24.2 Å². The topological polar surface area (TPSA) is 58.6 Å². The molecule has 0 saturated carbocycles. The van der Waals surface area contributed by atoms with Crippen molar-refractivity contribution in [1.82, 2.24) is 5.32 Å². The van der Waals surface area contributed by atoms with Gasteiger partial charge < -0.3 is 4.74 Å². The molecule has 0 aromatic heterocycles. The Morgan fingerprint density at radius 3 is 2.48 bits per heavy atom. The van der Waals surface area contributed by atoms with Crippen molar-refractivity contribution in [2.45, 2.75) is 6.42 Å². The molecule has 1 aliphatic heterocycles. The van der Waals surface area contributed by atoms with E-state index >= 15 is 0 Å². The van der Waals surface area contributed by atoms with Crippen LogP contribution in [0.3, 0.4) is 0 Å². The zero-order chi connectivity index (χ0) is 23.5. The van der Waals surface area contributed by atoms with E-state index in [1.54, 1.807) is 54.6 Å². The summed E-state index contributed by atoms with van der Waals surface area (Å²) in [5.41, 5.74) is 2.32. The Balaban J connectivity index is 1.71. The zero-order valence-electron chi connectivity index (χ0n) is 17.5. The van der Waals surface area contributed by atoms with Gasteiger partial charge >= 0.3 is 0 Å². The number of benzene rings is 3. The minimum Gasteiger partial charge on any atom is -0.496 e. The second-order valence-corrected chi connectivity index (χ2v) is 8.49. The lowest BCUT2D eigenvalue weighted by Gasteiger charge is -2.28. The van der Waals surface area contributed by atoms with Crippen LogP contribution in [0.25, 0.3) is 6.08 Å². The molecule has 4 rings (SSSR count). The smallest absolute Gasteiger partial charge is 0.270 e. The number of carbonyl (C=O) groups is 2. The normalized spacial score (nSPS) is 15.1. The molecule has 8 heteroatoms. The molecule has 0 unspecified atom stereocenters. The molecular formula is C25H18BrFN2O3S. The molecule has 1 heterocycles. The fourth-order valence-corrected chi connectivity index (χ4v) is 4.42. The molecule has 0 bridgehead atoms. The fourth-order valence-electron chi connectivity index (χ4n) is 3.54. The number of halogens is 2. The van der Waals surface area contributed by atoms with Crippen LogP contribution in [0.15, 0.2) is 76.8 Å². The molecule has 1 fully saturated rings. The summed E-state index contributed by atoms with van der Waals surface area (Å²) in [6, 6.07) is 18.8. The number of methoxy groups -OCH3 is 1. The predicted molar refractivity (Wildman–Crippen MR) is 133 cm³/mol. The Labute approximate surface area is 204 Å². The highest BCUT2D eigenvalue weighted by Crippen LogP contribution is 2.33. The van der Waals surface area contributed by atoms with Crippen LogP contribution in [-0.4, -0.2) is 24.0 Å². The minimum atomic E-state index is -0.581. The summed E-state index contributed by atoms with van der Waals surface area (Å²) in [4.78, 5) is 27.0. The summed E-state index contributed by atoms with van der Waals surface area (Å²) in [6.45, 7) is 0. The van der Waals surface area contributed by atoms with Crippen LogP contribution in [0, 0.1) is 5.82 Å². The van der Waals surface area contributed by atoms with Gasteiger partial charge in [0.1, 0.15) is 17.1 Å². The van der Waals surface area contributed by atoms with Gasteiger partial charge in [-0.1, -0.05) is 52.3 Å². The van der Waals surface area contributed by atoms with Gasteiger partial charge in [-0.15, -0.1) is 0 Å². The summed E-state index contributed by atoms with van der Waals surface area (Å²) in [6.07, 6.45) is 1.79. The number of rotatable bonds is 5. The zero-order valence-corrected chi connectivity index (χ0v) is 19.9. The summed E-state index contributed by atoms with van der Waals surface area (Å²) in [5.74, 6) is -0.916. The van der Waals surface area contributed by atoms with Crippen LogP contribution in [0.1, 0.15) is 16.7 Å². The third kappa shape index (κ3) is 4.72. The second-order valence-electron chi connectivity index (χ2n) is 7.25. The standard InChI is InChI=1S/C25H18BrFN2O3S/c1-32-22-13-15(12-20(26)18(22)14-16-7-5-6-10-21(16)27)11-19-23(30)28-25(33)29(24(19)31)17-8-3-2-4-9-17/h2-13H,14H2,1H3,(H,28,30,33)/b19-11-. The van der Waals surface area contributed by atoms with Crippen LogP contribution < -0.4 is 15.0 Å². The molecule has 5 nitrogen and oxygen atoms in total. The molecule has 33 heavy (non-hydrogen) atoms. The number of carbonyl (C=O) groups excluding carboxylic acids is 2. The van der Waals surface area contributed by atoms with Crippen LogP contribution in [0.4, 0.5) is 10.1 Å². The molecule has 1 saturated heterocycles. The Kier molecular flexibility index (Phi) is 6.67. The summed E-state index contributed by atoms with van der Waals surface area (Å²) >= 11 is 8.74. The van der Waals surface area contributed by atoms with Gasteiger partial charge in [-0.25, -0.2) is 4.39 Å². The van der Waals surface area contributed by atoms with Crippen molar-refractivity contribution in [3.63, 3.8) is 0 Å². The first kappa shape index (κ1) is 22.8. The first-order valence-electron chi connectivity index (χ1n) is 9.95. The van der Waals surface area contributed by atoms with Crippen molar-refractivity contribution >= 4 is 56.8 Å². The number of nitrogens with zero attached hydrogens (tertiary/aromatic N) is 1. The molecule has 1 N–H and O–H groups in total. The van der Waals surface area contributed by atoms with E-state index in [9.17, 15) is 14.0 Å². The number of anilines is 1. The Morgan fingerprint density at radius 2 is 1.79 bits per heavy atom. The average molecular weight is 525 g/mol.